The summed E-state index contributed by atoms with van der Waals surface area (Å²) in [7, 11) is 0. The number of nitrogens with zero attached hydrogens (tertiary/aromatic N) is 1. The van der Waals surface area contributed by atoms with Crippen molar-refractivity contribution in [2.75, 3.05) is 6.54 Å². The largest absolute Gasteiger partial charge is 0.346 e. The van der Waals surface area contributed by atoms with Crippen molar-refractivity contribution in [1.82, 2.24) is 4.57 Å². The summed E-state index contributed by atoms with van der Waals surface area (Å²) in [6.45, 7) is 1.41. The smallest absolute Gasteiger partial charge is 0.179 e. The monoisotopic (exact) mass is 162 g/mol. The maximum absolute atomic E-state index is 11.0. The first kappa shape index (κ1) is 8.13. The van der Waals surface area contributed by atoms with Crippen molar-refractivity contribution < 1.29 is 5.11 Å². The molecular weight excluding hydrogens is 151 g/mol. The van der Waals surface area contributed by atoms with Crippen molar-refractivity contribution >= 4 is 10.9 Å². The Hall–Kier alpha value is -1.48. The Morgan fingerprint density at radius 1 is 1.31 bits per heavy atom. The van der Waals surface area contributed by atoms with Crippen LogP contribution >= 0.6 is 0 Å². The molecule has 2 aromatic rings. The molecule has 0 saturated carbocycles. The molecule has 1 aromatic heterocycles. The molecule has 0 saturated heterocycles. The zero-order chi connectivity index (χ0) is 9.26. The van der Waals surface area contributed by atoms with Crippen LogP contribution in [0.3, 0.4) is 0 Å². The lowest BCUT2D eigenvalue weighted by atomic mass is 2.89. The molecule has 0 atom stereocenters. The zero-order valence-corrected chi connectivity index (χ0v) is 7.23. The van der Waals surface area contributed by atoms with Crippen molar-refractivity contribution in [3.63, 3.8) is 0 Å². The molecule has 1 heterocycles. The van der Waals surface area contributed by atoms with E-state index in [0.717, 1.165) is 17.4 Å². The second-order valence-corrected chi connectivity index (χ2v) is 3.02. The summed E-state index contributed by atoms with van der Waals surface area (Å²) in [5, 5.41) is 12.0. The molecule has 1 aromatic carbocycles. The second-order valence-electron chi connectivity index (χ2n) is 3.02. The van der Waals surface area contributed by atoms with Crippen LogP contribution in [0.5, 0.6) is 5.75 Å². The predicted molar refractivity (Wildman–Crippen MR) is 51.1 cm³/mol. The van der Waals surface area contributed by atoms with Crippen molar-refractivity contribution in [2.45, 2.75) is 6.54 Å². The van der Waals surface area contributed by atoms with Gasteiger partial charge in [-0.2, -0.15) is 0 Å². The molecule has 13 heavy (non-hydrogen) atoms. The number of hydrogen-bond acceptors (Lipinski definition) is 1. The molecule has 67 valence electrons. The number of fused-ring (bicyclic) bond motifs is 1. The molecule has 1 radical (unpaired) electrons. The van der Waals surface area contributed by atoms with E-state index < -0.39 is 0 Å². The van der Waals surface area contributed by atoms with Crippen molar-refractivity contribution in [1.29, 1.82) is 0 Å². The van der Waals surface area contributed by atoms with E-state index in [4.69, 9.17) is 5.73 Å². The summed E-state index contributed by atoms with van der Waals surface area (Å²) in [6.07, 6.45) is 1.96. The topological polar surface area (TPSA) is 50.8 Å². The molecule has 0 unspecified atom stereocenters. The van der Waals surface area contributed by atoms with Gasteiger partial charge in [-0.05, 0) is 24.3 Å². The van der Waals surface area contributed by atoms with Gasteiger partial charge in [0.05, 0.1) is 0 Å². The SMILES string of the molecule is NCCn1ccc2cc([3O])ccc21. The van der Waals surface area contributed by atoms with Gasteiger partial charge in [0.15, 0.2) is 5.75 Å². The fourth-order valence-corrected chi connectivity index (χ4v) is 1.51. The molecule has 0 amide bonds. The zero-order valence-electron chi connectivity index (χ0n) is 7.23. The van der Waals surface area contributed by atoms with Crippen LogP contribution in [0.1, 0.15) is 0 Å². The summed E-state index contributed by atoms with van der Waals surface area (Å²) in [4.78, 5) is 0. The highest BCUT2D eigenvalue weighted by Crippen LogP contribution is 2.20. The van der Waals surface area contributed by atoms with E-state index in [9.17, 15) is 5.11 Å². The van der Waals surface area contributed by atoms with Gasteiger partial charge in [0.2, 0.25) is 0 Å². The minimum Gasteiger partial charge on any atom is -0.346 e. The number of hydrogen-bond donors (Lipinski definition) is 1. The van der Waals surface area contributed by atoms with Crippen LogP contribution in [0.4, 0.5) is 0 Å². The fourth-order valence-electron chi connectivity index (χ4n) is 1.51. The van der Waals surface area contributed by atoms with Crippen LogP contribution in [0, 0.1) is 0 Å². The van der Waals surface area contributed by atoms with Gasteiger partial charge in [-0.15, -0.1) is 0 Å². The van der Waals surface area contributed by atoms with E-state index >= 15 is 0 Å². The first-order valence-corrected chi connectivity index (χ1v) is 4.27. The van der Waals surface area contributed by atoms with E-state index in [-0.39, 0.29) is 5.75 Å². The maximum atomic E-state index is 11.0. The van der Waals surface area contributed by atoms with Gasteiger partial charge in [-0.1, -0.05) is 0 Å². The Bertz CT molecular complexity index is 420. The third-order valence-corrected chi connectivity index (χ3v) is 2.11. The standard InChI is InChI=1S/C10H11N2O/c11-4-6-12-5-3-8-7-9(13)1-2-10(8)12/h1-3,5,7H,4,6,11H2/i13-13. The predicted octanol–water partition coefficient (Wildman–Crippen LogP) is 1.74. The first-order chi connectivity index (χ1) is 6.31. The average molecular weight is 162 g/mol. The van der Waals surface area contributed by atoms with Gasteiger partial charge < -0.3 is 10.3 Å². The number of aromatic nitrogens is 1. The van der Waals surface area contributed by atoms with Gasteiger partial charge in [-0.25, -0.2) is 0 Å². The molecule has 0 aliphatic carbocycles. The van der Waals surface area contributed by atoms with Crippen molar-refractivity contribution in [3.05, 3.63) is 30.5 Å². The Morgan fingerprint density at radius 3 is 2.92 bits per heavy atom. The van der Waals surface area contributed by atoms with Crippen molar-refractivity contribution in [2.24, 2.45) is 5.73 Å². The number of rotatable bonds is 2. The summed E-state index contributed by atoms with van der Waals surface area (Å²) in [5.74, 6) is 0.0537. The van der Waals surface area contributed by atoms with Crippen LogP contribution in [-0.2, 0) is 11.7 Å². The highest BCUT2D eigenvalue weighted by Gasteiger charge is 2.00. The lowest BCUT2D eigenvalue weighted by Crippen LogP contribution is -2.08. The molecule has 0 aliphatic rings. The molecule has 2 N–H and O–H groups in total. The third-order valence-electron chi connectivity index (χ3n) is 2.11. The van der Waals surface area contributed by atoms with Crippen molar-refractivity contribution in [3.8, 4) is 5.75 Å². The fraction of sp³-hybridized carbons (Fsp3) is 0.200. The molecule has 0 fully saturated rings. The minimum atomic E-state index is 0.0537. The van der Waals surface area contributed by atoms with E-state index in [1.165, 1.54) is 0 Å². The van der Waals surface area contributed by atoms with Crippen LogP contribution in [0.15, 0.2) is 30.5 Å². The van der Waals surface area contributed by atoms with E-state index in [1.54, 1.807) is 12.1 Å². The summed E-state index contributed by atoms with van der Waals surface area (Å²) < 4.78 is 2.05. The average Bonchev–Trinajstić information content (AvgIpc) is 2.49. The Kier molecular flexibility index (Phi) is 1.94. The van der Waals surface area contributed by atoms with Gasteiger partial charge in [0.1, 0.15) is 0 Å². The Labute approximate surface area is 76.4 Å². The first-order valence-electron chi connectivity index (χ1n) is 4.27. The van der Waals surface area contributed by atoms with E-state index in [2.05, 4.69) is 4.57 Å². The van der Waals surface area contributed by atoms with Crippen LogP contribution < -0.4 is 5.73 Å². The molecular formula is C10H11N2O. The summed E-state index contributed by atoms with van der Waals surface area (Å²) in [6, 6.07) is 7.00. The Morgan fingerprint density at radius 2 is 2.15 bits per heavy atom. The normalized spacial score (nSPS) is 10.8. The Balaban J connectivity index is 2.55. The highest BCUT2D eigenvalue weighted by atomic mass is 15.0. The van der Waals surface area contributed by atoms with Crippen LogP contribution in [0.2, 0.25) is 0 Å². The highest BCUT2D eigenvalue weighted by molar-refractivity contribution is 5.81. The second kappa shape index (κ2) is 3.11. The lowest BCUT2D eigenvalue weighted by molar-refractivity contribution is 0.355. The van der Waals surface area contributed by atoms with Crippen LogP contribution in [-0.4, -0.2) is 11.1 Å². The third kappa shape index (κ3) is 1.38. The molecule has 3 nitrogen and oxygen atoms in total. The molecule has 0 spiro atoms. The van der Waals surface area contributed by atoms with Gasteiger partial charge in [0.25, 0.3) is 0 Å². The van der Waals surface area contributed by atoms with E-state index in [0.29, 0.717) is 6.54 Å². The van der Waals surface area contributed by atoms with Gasteiger partial charge in [0, 0.05) is 30.2 Å². The minimum absolute atomic E-state index is 0.0537. The van der Waals surface area contributed by atoms with Gasteiger partial charge in [-0.3, -0.25) is 5.11 Å². The van der Waals surface area contributed by atoms with E-state index in [1.807, 2.05) is 18.3 Å². The maximum Gasteiger partial charge on any atom is 0.179 e. The molecule has 0 bridgehead atoms. The number of benzene rings is 1. The molecule has 2 rings (SSSR count). The van der Waals surface area contributed by atoms with Crippen LogP contribution in [0.25, 0.3) is 10.9 Å². The lowest BCUT2D eigenvalue weighted by Gasteiger charge is -2.01. The summed E-state index contributed by atoms with van der Waals surface area (Å²) >= 11 is 0. The summed E-state index contributed by atoms with van der Waals surface area (Å²) in [5.41, 5.74) is 6.53. The molecule has 0 aliphatic heterocycles. The quantitative estimate of drug-likeness (QED) is 0.718. The molecule has 3 heteroatoms. The number of nitrogens with two attached hydrogens (primary N) is 1. The van der Waals surface area contributed by atoms with Gasteiger partial charge >= 0.3 is 0 Å².